The zero-order valence-electron chi connectivity index (χ0n) is 13.4. The molecule has 3 rings (SSSR count). The normalized spacial score (nSPS) is 14.3. The summed E-state index contributed by atoms with van der Waals surface area (Å²) in [6.07, 6.45) is 3.55. The molecule has 1 aromatic carbocycles. The van der Waals surface area contributed by atoms with Gasteiger partial charge in [0.1, 0.15) is 11.6 Å². The molecule has 0 bridgehead atoms. The van der Waals surface area contributed by atoms with E-state index in [9.17, 15) is 15.2 Å². The molecular weight excluding hydrogens is 397 g/mol. The number of amides is 1. The number of phenols is 1. The van der Waals surface area contributed by atoms with Crippen LogP contribution in [0.3, 0.4) is 0 Å². The highest BCUT2D eigenvalue weighted by Gasteiger charge is 2.18. The summed E-state index contributed by atoms with van der Waals surface area (Å²) < 4.78 is 0. The summed E-state index contributed by atoms with van der Waals surface area (Å²) in [5.41, 5.74) is 0.264. The Bertz CT molecular complexity index is 893. The molecule has 0 spiro atoms. The summed E-state index contributed by atoms with van der Waals surface area (Å²) >= 11 is 13.0. The zero-order chi connectivity index (χ0) is 18.7. The SMILES string of the molecule is N#C/C(=C/c1cc(Cl)c(O)c(Cl)c1)C(=O)Nc1nnc(N2CCCC2)s1. The third-order valence-electron chi connectivity index (χ3n) is 3.73. The topological polar surface area (TPSA) is 102 Å². The number of hydrogen-bond donors (Lipinski definition) is 2. The van der Waals surface area contributed by atoms with Gasteiger partial charge in [-0.25, -0.2) is 0 Å². The van der Waals surface area contributed by atoms with Crippen molar-refractivity contribution in [3.63, 3.8) is 0 Å². The van der Waals surface area contributed by atoms with Crippen LogP contribution in [0, 0.1) is 11.3 Å². The van der Waals surface area contributed by atoms with Crippen molar-refractivity contribution in [2.75, 3.05) is 23.3 Å². The highest BCUT2D eigenvalue weighted by atomic mass is 35.5. The Morgan fingerprint density at radius 1 is 1.31 bits per heavy atom. The van der Waals surface area contributed by atoms with Crippen molar-refractivity contribution in [1.29, 1.82) is 5.26 Å². The lowest BCUT2D eigenvalue weighted by molar-refractivity contribution is -0.112. The molecule has 0 aliphatic carbocycles. The van der Waals surface area contributed by atoms with Crippen LogP contribution in [0.1, 0.15) is 18.4 Å². The summed E-state index contributed by atoms with van der Waals surface area (Å²) in [5.74, 6) is -0.867. The Morgan fingerprint density at radius 2 is 1.96 bits per heavy atom. The van der Waals surface area contributed by atoms with Crippen molar-refractivity contribution in [3.05, 3.63) is 33.3 Å². The van der Waals surface area contributed by atoms with E-state index in [1.807, 2.05) is 6.07 Å². The van der Waals surface area contributed by atoms with Gasteiger partial charge in [0.25, 0.3) is 5.91 Å². The number of rotatable bonds is 4. The Kier molecular flexibility index (Phi) is 5.61. The predicted molar refractivity (Wildman–Crippen MR) is 102 cm³/mol. The van der Waals surface area contributed by atoms with Gasteiger partial charge in [0.15, 0.2) is 5.75 Å². The van der Waals surface area contributed by atoms with E-state index in [0.29, 0.717) is 10.7 Å². The smallest absolute Gasteiger partial charge is 0.268 e. The van der Waals surface area contributed by atoms with Gasteiger partial charge in [-0.2, -0.15) is 5.26 Å². The van der Waals surface area contributed by atoms with Crippen LogP contribution in [-0.2, 0) is 4.79 Å². The molecule has 0 saturated carbocycles. The van der Waals surface area contributed by atoms with E-state index < -0.39 is 5.91 Å². The average molecular weight is 410 g/mol. The Balaban J connectivity index is 1.76. The van der Waals surface area contributed by atoms with E-state index in [-0.39, 0.29) is 21.4 Å². The number of halogens is 2. The number of nitrogens with zero attached hydrogens (tertiary/aromatic N) is 4. The number of anilines is 2. The molecule has 0 radical (unpaired) electrons. The summed E-state index contributed by atoms with van der Waals surface area (Å²) in [5, 5.41) is 30.6. The van der Waals surface area contributed by atoms with Crippen molar-refractivity contribution < 1.29 is 9.90 Å². The Hall–Kier alpha value is -2.34. The number of phenolic OH excluding ortho intramolecular Hbond substituents is 1. The molecule has 26 heavy (non-hydrogen) atoms. The van der Waals surface area contributed by atoms with E-state index in [0.717, 1.165) is 31.1 Å². The van der Waals surface area contributed by atoms with Gasteiger partial charge in [0, 0.05) is 13.1 Å². The predicted octanol–water partition coefficient (Wildman–Crippen LogP) is 3.70. The fourth-order valence-corrected chi connectivity index (χ4v) is 3.75. The molecule has 134 valence electrons. The molecule has 1 aliphatic heterocycles. The van der Waals surface area contributed by atoms with Crippen molar-refractivity contribution in [1.82, 2.24) is 10.2 Å². The molecular formula is C16H13Cl2N5O2S. The van der Waals surface area contributed by atoms with Gasteiger partial charge in [-0.15, -0.1) is 10.2 Å². The van der Waals surface area contributed by atoms with Crippen LogP contribution in [0.5, 0.6) is 5.75 Å². The van der Waals surface area contributed by atoms with Crippen LogP contribution in [0.4, 0.5) is 10.3 Å². The first-order valence-electron chi connectivity index (χ1n) is 7.67. The maximum Gasteiger partial charge on any atom is 0.268 e. The minimum atomic E-state index is -0.614. The molecule has 0 atom stereocenters. The van der Waals surface area contributed by atoms with Gasteiger partial charge < -0.3 is 10.0 Å². The number of nitriles is 1. The van der Waals surface area contributed by atoms with E-state index in [2.05, 4.69) is 20.4 Å². The fraction of sp³-hybridized carbons (Fsp3) is 0.250. The quantitative estimate of drug-likeness (QED) is 0.589. The van der Waals surface area contributed by atoms with E-state index in [1.54, 1.807) is 0 Å². The second-order valence-electron chi connectivity index (χ2n) is 5.54. The van der Waals surface area contributed by atoms with E-state index >= 15 is 0 Å². The molecule has 1 aromatic heterocycles. The molecule has 2 heterocycles. The van der Waals surface area contributed by atoms with E-state index in [4.69, 9.17) is 23.2 Å². The lowest BCUT2D eigenvalue weighted by Crippen LogP contribution is -2.17. The number of aromatic hydroxyl groups is 1. The molecule has 1 aliphatic rings. The summed E-state index contributed by atoms with van der Waals surface area (Å²) in [7, 11) is 0. The van der Waals surface area contributed by atoms with Gasteiger partial charge in [-0.1, -0.05) is 34.5 Å². The average Bonchev–Trinajstić information content (AvgIpc) is 3.28. The fourth-order valence-electron chi connectivity index (χ4n) is 2.45. The Morgan fingerprint density at radius 3 is 2.58 bits per heavy atom. The molecule has 1 fully saturated rings. The zero-order valence-corrected chi connectivity index (χ0v) is 15.7. The first-order valence-corrected chi connectivity index (χ1v) is 9.25. The van der Waals surface area contributed by atoms with Crippen molar-refractivity contribution in [2.45, 2.75) is 12.8 Å². The van der Waals surface area contributed by atoms with Gasteiger partial charge in [-0.05, 0) is 36.6 Å². The number of benzene rings is 1. The number of nitrogens with one attached hydrogen (secondary N) is 1. The van der Waals surface area contributed by atoms with Crippen molar-refractivity contribution in [3.8, 4) is 11.8 Å². The number of aromatic nitrogens is 2. The first kappa shape index (κ1) is 18.5. The van der Waals surface area contributed by atoms with Crippen LogP contribution in [0.15, 0.2) is 17.7 Å². The monoisotopic (exact) mass is 409 g/mol. The largest absolute Gasteiger partial charge is 0.505 e. The summed E-state index contributed by atoms with van der Waals surface area (Å²) in [6.45, 7) is 1.85. The Labute approximate surface area is 163 Å². The van der Waals surface area contributed by atoms with Crippen molar-refractivity contribution >= 4 is 56.8 Å². The number of carbonyl (C=O) groups is 1. The standard InChI is InChI=1S/C16H13Cl2N5O2S/c17-11-6-9(7-12(18)13(11)24)5-10(8-19)14(25)20-15-21-22-16(26-15)23-3-1-2-4-23/h5-7,24H,1-4H2,(H,20,21,25)/b10-5-. The second-order valence-corrected chi connectivity index (χ2v) is 7.31. The van der Waals surface area contributed by atoms with Crippen LogP contribution in [0.25, 0.3) is 6.08 Å². The molecule has 2 N–H and O–H groups in total. The lowest BCUT2D eigenvalue weighted by Gasteiger charge is -2.10. The molecule has 7 nitrogen and oxygen atoms in total. The maximum atomic E-state index is 12.3. The lowest BCUT2D eigenvalue weighted by atomic mass is 10.1. The van der Waals surface area contributed by atoms with Gasteiger partial charge >= 0.3 is 0 Å². The van der Waals surface area contributed by atoms with Crippen LogP contribution >= 0.6 is 34.5 Å². The number of hydrogen-bond acceptors (Lipinski definition) is 7. The molecule has 0 unspecified atom stereocenters. The highest BCUT2D eigenvalue weighted by molar-refractivity contribution is 7.19. The maximum absolute atomic E-state index is 12.3. The van der Waals surface area contributed by atoms with Crippen LogP contribution < -0.4 is 10.2 Å². The molecule has 1 amide bonds. The first-order chi connectivity index (χ1) is 12.5. The van der Waals surface area contributed by atoms with Crippen molar-refractivity contribution in [2.24, 2.45) is 0 Å². The molecule has 1 saturated heterocycles. The van der Waals surface area contributed by atoms with Crippen LogP contribution in [0.2, 0.25) is 10.0 Å². The van der Waals surface area contributed by atoms with E-state index in [1.165, 1.54) is 29.5 Å². The summed E-state index contributed by atoms with van der Waals surface area (Å²) in [4.78, 5) is 14.4. The highest BCUT2D eigenvalue weighted by Crippen LogP contribution is 2.33. The minimum Gasteiger partial charge on any atom is -0.505 e. The van der Waals surface area contributed by atoms with Gasteiger partial charge in [-0.3, -0.25) is 10.1 Å². The van der Waals surface area contributed by atoms with Gasteiger partial charge in [0.05, 0.1) is 10.0 Å². The molecule has 10 heteroatoms. The third kappa shape index (κ3) is 4.07. The van der Waals surface area contributed by atoms with Gasteiger partial charge in [0.2, 0.25) is 10.3 Å². The number of carbonyl (C=O) groups excluding carboxylic acids is 1. The summed E-state index contributed by atoms with van der Waals surface area (Å²) in [6, 6.07) is 4.65. The third-order valence-corrected chi connectivity index (χ3v) is 5.20. The minimum absolute atomic E-state index is 0.0285. The molecule has 2 aromatic rings. The second kappa shape index (κ2) is 7.91. The van der Waals surface area contributed by atoms with Crippen LogP contribution in [-0.4, -0.2) is 34.3 Å².